The van der Waals surface area contributed by atoms with Gasteiger partial charge in [0, 0.05) is 24.5 Å². The number of benzene rings is 1. The molecular formula is C30H33N7O4. The third-order valence-corrected chi connectivity index (χ3v) is 6.97. The fraction of sp³-hybridized carbons (Fsp3) is 0.333. The van der Waals surface area contributed by atoms with Gasteiger partial charge in [-0.05, 0) is 57.4 Å². The van der Waals surface area contributed by atoms with Gasteiger partial charge in [-0.15, -0.1) is 0 Å². The lowest BCUT2D eigenvalue weighted by atomic mass is 9.84. The first-order valence-electron chi connectivity index (χ1n) is 13.6. The topological polar surface area (TPSA) is 135 Å². The number of pyridine rings is 1. The van der Waals surface area contributed by atoms with Crippen LogP contribution in [0.2, 0.25) is 0 Å². The predicted molar refractivity (Wildman–Crippen MR) is 155 cm³/mol. The van der Waals surface area contributed by atoms with Crippen molar-refractivity contribution in [2.75, 3.05) is 29.9 Å². The zero-order chi connectivity index (χ0) is 28.8. The lowest BCUT2D eigenvalue weighted by Crippen LogP contribution is -2.41. The van der Waals surface area contributed by atoms with E-state index in [4.69, 9.17) is 14.5 Å². The Bertz CT molecular complexity index is 1500. The van der Waals surface area contributed by atoms with Crippen molar-refractivity contribution in [1.82, 2.24) is 24.9 Å². The van der Waals surface area contributed by atoms with Gasteiger partial charge >= 0.3 is 5.97 Å². The largest absolute Gasteiger partial charge is 0.488 e. The van der Waals surface area contributed by atoms with Gasteiger partial charge in [0.1, 0.15) is 11.9 Å². The first kappa shape index (κ1) is 27.8. The Balaban J connectivity index is 1.27. The third-order valence-electron chi connectivity index (χ3n) is 6.97. The molecule has 0 bridgehead atoms. The van der Waals surface area contributed by atoms with Crippen molar-refractivity contribution in [2.24, 2.45) is 0 Å². The normalized spacial score (nSPS) is 15.3. The molecule has 1 unspecified atom stereocenters. The number of nitrogens with one attached hydrogen (secondary N) is 1. The highest BCUT2D eigenvalue weighted by molar-refractivity contribution is 5.80. The molecule has 1 aliphatic heterocycles. The summed E-state index contributed by atoms with van der Waals surface area (Å²) in [5.74, 6) is 1.88. The molecule has 1 aromatic carbocycles. The number of hydrogen-bond acceptors (Lipinski definition) is 10. The van der Waals surface area contributed by atoms with Gasteiger partial charge in [-0.1, -0.05) is 24.3 Å². The highest BCUT2D eigenvalue weighted by Crippen LogP contribution is 2.29. The number of aromatic nitrogens is 5. The van der Waals surface area contributed by atoms with Crippen molar-refractivity contribution >= 4 is 23.6 Å². The minimum absolute atomic E-state index is 0.0660. The minimum atomic E-state index is -0.980. The van der Waals surface area contributed by atoms with Crippen LogP contribution in [0.1, 0.15) is 39.2 Å². The van der Waals surface area contributed by atoms with Gasteiger partial charge in [0.15, 0.2) is 11.6 Å². The van der Waals surface area contributed by atoms with Gasteiger partial charge in [0.2, 0.25) is 5.95 Å². The average Bonchev–Trinajstić information content (AvgIpc) is 2.99. The molecule has 212 valence electrons. The van der Waals surface area contributed by atoms with Gasteiger partial charge < -0.3 is 24.8 Å². The van der Waals surface area contributed by atoms with Crippen LogP contribution < -0.4 is 19.7 Å². The highest BCUT2D eigenvalue weighted by atomic mass is 16.5. The summed E-state index contributed by atoms with van der Waals surface area (Å²) in [6.45, 7) is 7.31. The number of carboxylic acids is 1. The maximum Gasteiger partial charge on any atom is 0.313 e. The van der Waals surface area contributed by atoms with Crippen LogP contribution in [0.4, 0.5) is 17.6 Å². The van der Waals surface area contributed by atoms with Crippen LogP contribution in [0.5, 0.6) is 11.6 Å². The van der Waals surface area contributed by atoms with Crippen molar-refractivity contribution in [3.8, 4) is 22.9 Å². The summed E-state index contributed by atoms with van der Waals surface area (Å²) >= 11 is 0. The van der Waals surface area contributed by atoms with Crippen LogP contribution in [-0.2, 0) is 10.2 Å². The summed E-state index contributed by atoms with van der Waals surface area (Å²) in [7, 11) is 0. The average molecular weight is 556 g/mol. The van der Waals surface area contributed by atoms with Crippen molar-refractivity contribution < 1.29 is 19.4 Å². The molecule has 11 heteroatoms. The number of hydrogen-bond donors (Lipinski definition) is 2. The maximum atomic E-state index is 11.6. The van der Waals surface area contributed by atoms with E-state index in [2.05, 4.69) is 30.2 Å². The second kappa shape index (κ2) is 12.2. The number of carbonyl (C=O) groups is 1. The molecule has 0 amide bonds. The van der Waals surface area contributed by atoms with Gasteiger partial charge in [-0.25, -0.2) is 19.9 Å². The number of ether oxygens (including phenoxy) is 2. The predicted octanol–water partition coefficient (Wildman–Crippen LogP) is 4.88. The molecule has 1 aliphatic rings. The molecule has 4 aromatic rings. The number of piperidine rings is 1. The van der Waals surface area contributed by atoms with Crippen LogP contribution in [0.25, 0.3) is 11.3 Å². The smallest absolute Gasteiger partial charge is 0.313 e. The zero-order valence-corrected chi connectivity index (χ0v) is 23.3. The molecule has 0 aliphatic carbocycles. The summed E-state index contributed by atoms with van der Waals surface area (Å²) in [6.07, 6.45) is 8.50. The molecule has 1 fully saturated rings. The van der Waals surface area contributed by atoms with Crippen LogP contribution in [0, 0.1) is 0 Å². The molecule has 5 rings (SSSR count). The maximum absolute atomic E-state index is 11.6. The summed E-state index contributed by atoms with van der Waals surface area (Å²) < 4.78 is 11.9. The summed E-state index contributed by atoms with van der Waals surface area (Å²) in [4.78, 5) is 36.2. The standard InChI is InChI=1S/C30H33N7O4/c1-4-40-24-8-5-14-32-27(24)41-22-7-6-16-37(19-22)26-18-31-17-25(35-26)36-29-33-15-13-23(34-29)20-9-11-21(12-10-20)30(2,3)28(38)39/h5,8-15,17-18,22H,4,6-7,16,19H2,1-3H3,(H,38,39)(H,33,34,35,36). The Morgan fingerprint density at radius 1 is 1.10 bits per heavy atom. The van der Waals surface area contributed by atoms with Crippen molar-refractivity contribution in [1.29, 1.82) is 0 Å². The molecule has 3 aromatic heterocycles. The fourth-order valence-electron chi connectivity index (χ4n) is 4.57. The quantitative estimate of drug-likeness (QED) is 0.277. The number of carboxylic acid groups (broad SMARTS) is 1. The van der Waals surface area contributed by atoms with E-state index in [0.717, 1.165) is 30.8 Å². The van der Waals surface area contributed by atoms with E-state index in [1.807, 2.05) is 43.3 Å². The minimum Gasteiger partial charge on any atom is -0.488 e. The molecule has 41 heavy (non-hydrogen) atoms. The molecule has 1 atom stereocenters. The van der Waals surface area contributed by atoms with Gasteiger partial charge in [-0.3, -0.25) is 9.78 Å². The van der Waals surface area contributed by atoms with Gasteiger partial charge in [-0.2, -0.15) is 0 Å². The third kappa shape index (κ3) is 6.51. The Morgan fingerprint density at radius 2 is 1.93 bits per heavy atom. The SMILES string of the molecule is CCOc1cccnc1OC1CCCN(c2cncc(Nc3nccc(-c4ccc(C(C)(C)C(=O)O)cc4)n3)n2)C1. The Kier molecular flexibility index (Phi) is 8.23. The van der Waals surface area contributed by atoms with Crippen LogP contribution in [-0.4, -0.2) is 61.8 Å². The Labute approximate surface area is 238 Å². The Hall–Kier alpha value is -4.80. The Morgan fingerprint density at radius 3 is 2.71 bits per heavy atom. The van der Waals surface area contributed by atoms with E-state index in [9.17, 15) is 9.90 Å². The summed E-state index contributed by atoms with van der Waals surface area (Å²) in [5.41, 5.74) is 1.28. The van der Waals surface area contributed by atoms with Gasteiger partial charge in [0.25, 0.3) is 5.88 Å². The second-order valence-corrected chi connectivity index (χ2v) is 10.2. The second-order valence-electron chi connectivity index (χ2n) is 10.2. The summed E-state index contributed by atoms with van der Waals surface area (Å²) in [5, 5.41) is 12.7. The van der Waals surface area contributed by atoms with E-state index in [1.54, 1.807) is 44.7 Å². The fourth-order valence-corrected chi connectivity index (χ4v) is 4.57. The van der Waals surface area contributed by atoms with E-state index in [1.165, 1.54) is 0 Å². The molecule has 0 radical (unpaired) electrons. The lowest BCUT2D eigenvalue weighted by molar-refractivity contribution is -0.142. The molecule has 4 heterocycles. The number of nitrogens with zero attached hydrogens (tertiary/aromatic N) is 6. The molecule has 0 spiro atoms. The van der Waals surface area contributed by atoms with Gasteiger partial charge in [0.05, 0.1) is 36.7 Å². The molecule has 11 nitrogen and oxygen atoms in total. The van der Waals surface area contributed by atoms with Crippen LogP contribution in [0.3, 0.4) is 0 Å². The van der Waals surface area contributed by atoms with Crippen molar-refractivity contribution in [3.05, 3.63) is 72.8 Å². The van der Waals surface area contributed by atoms with Crippen molar-refractivity contribution in [3.63, 3.8) is 0 Å². The summed E-state index contributed by atoms with van der Waals surface area (Å²) in [6, 6.07) is 12.9. The molecular weight excluding hydrogens is 522 g/mol. The van der Waals surface area contributed by atoms with E-state index >= 15 is 0 Å². The molecule has 1 saturated heterocycles. The first-order valence-corrected chi connectivity index (χ1v) is 13.6. The van der Waals surface area contributed by atoms with E-state index in [0.29, 0.717) is 47.8 Å². The lowest BCUT2D eigenvalue weighted by Gasteiger charge is -2.33. The zero-order valence-electron chi connectivity index (χ0n) is 23.3. The number of aliphatic carboxylic acids is 1. The first-order chi connectivity index (χ1) is 19.8. The number of rotatable bonds is 10. The van der Waals surface area contributed by atoms with Crippen LogP contribution >= 0.6 is 0 Å². The molecule has 0 saturated carbocycles. The number of anilines is 3. The monoisotopic (exact) mass is 555 g/mol. The van der Waals surface area contributed by atoms with Crippen LogP contribution in [0.15, 0.2) is 67.3 Å². The molecule has 2 N–H and O–H groups in total. The highest BCUT2D eigenvalue weighted by Gasteiger charge is 2.29. The van der Waals surface area contributed by atoms with Crippen molar-refractivity contribution in [2.45, 2.75) is 45.1 Å². The van der Waals surface area contributed by atoms with E-state index in [-0.39, 0.29) is 6.10 Å². The van der Waals surface area contributed by atoms with E-state index < -0.39 is 11.4 Å².